The largest absolute Gasteiger partial charge is 0.496 e. The van der Waals surface area contributed by atoms with E-state index in [1.807, 2.05) is 12.1 Å². The van der Waals surface area contributed by atoms with Crippen LogP contribution in [0.3, 0.4) is 0 Å². The summed E-state index contributed by atoms with van der Waals surface area (Å²) < 4.78 is 7.72. The fraction of sp³-hybridized carbons (Fsp3) is 0.455. The van der Waals surface area contributed by atoms with Crippen LogP contribution in [0.15, 0.2) is 24.3 Å². The van der Waals surface area contributed by atoms with Crippen molar-refractivity contribution < 1.29 is 4.74 Å². The summed E-state index contributed by atoms with van der Waals surface area (Å²) >= 11 is 0. The molecule has 15 heavy (non-hydrogen) atoms. The number of para-hydroxylation sites is 1. The van der Waals surface area contributed by atoms with Gasteiger partial charge in [0.2, 0.25) is 0 Å². The molecule has 1 aromatic carbocycles. The van der Waals surface area contributed by atoms with Crippen molar-refractivity contribution in [3.63, 3.8) is 0 Å². The molecule has 0 aliphatic rings. The smallest absolute Gasteiger partial charge is 0.127 e. The molecule has 0 aromatic heterocycles. The van der Waals surface area contributed by atoms with E-state index in [2.05, 4.69) is 30.7 Å². The third kappa shape index (κ3) is 4.23. The van der Waals surface area contributed by atoms with E-state index in [-0.39, 0.29) is 8.41 Å². The number of rotatable bonds is 5. The molecule has 0 N–H and O–H groups in total. The molecule has 1 atom stereocenters. The number of methoxy groups -OCH3 is 1. The molecule has 81 valence electrons. The second kappa shape index (κ2) is 7.73. The lowest BCUT2D eigenvalue weighted by Gasteiger charge is -2.19. The quantitative estimate of drug-likeness (QED) is 0.557. The predicted octanol–water partition coefficient (Wildman–Crippen LogP) is 1.87. The summed E-state index contributed by atoms with van der Waals surface area (Å²) in [6.45, 7) is 6.55. The molecule has 2 nitrogen and oxygen atoms in total. The number of benzene rings is 1. The highest BCUT2D eigenvalue weighted by atomic mass is 31.1. The van der Waals surface area contributed by atoms with Gasteiger partial charge in [-0.1, -0.05) is 26.0 Å². The Balaban J connectivity index is 0.00000196. The third-order valence-electron chi connectivity index (χ3n) is 2.15. The van der Waals surface area contributed by atoms with E-state index in [0.717, 1.165) is 18.8 Å². The van der Waals surface area contributed by atoms with Crippen LogP contribution in [0.1, 0.15) is 13.8 Å². The average Bonchev–Trinajstić information content (AvgIpc) is 2.26. The van der Waals surface area contributed by atoms with Gasteiger partial charge in [0.25, 0.3) is 0 Å². The van der Waals surface area contributed by atoms with Crippen LogP contribution >= 0.6 is 8.73 Å². The van der Waals surface area contributed by atoms with Gasteiger partial charge < -0.3 is 4.74 Å². The van der Waals surface area contributed by atoms with Crippen LogP contribution in [0.2, 0.25) is 0 Å². The first kappa shape index (κ1) is 14.5. The van der Waals surface area contributed by atoms with Gasteiger partial charge in [-0.2, -0.15) is 0 Å². The predicted molar refractivity (Wildman–Crippen MR) is 69.6 cm³/mol. The van der Waals surface area contributed by atoms with Crippen molar-refractivity contribution in [2.45, 2.75) is 13.8 Å². The maximum Gasteiger partial charge on any atom is 0.127 e. The second-order valence-corrected chi connectivity index (χ2v) is 4.38. The Morgan fingerprint density at radius 1 is 1.20 bits per heavy atom. The number of hydrogen-bond donors (Lipinski definition) is 0. The number of ether oxygens (including phenoxy) is 1. The minimum atomic E-state index is 0. The molecule has 1 aromatic rings. The maximum absolute atomic E-state index is 5.32. The maximum atomic E-state index is 5.32. The lowest BCUT2D eigenvalue weighted by atomic mass is 10.3. The van der Waals surface area contributed by atoms with Gasteiger partial charge in [-0.15, -0.1) is 0 Å². The van der Waals surface area contributed by atoms with E-state index in [0.29, 0.717) is 8.73 Å². The molecule has 0 aliphatic carbocycles. The van der Waals surface area contributed by atoms with Crippen molar-refractivity contribution in [3.8, 4) is 5.75 Å². The molecule has 0 saturated heterocycles. The van der Waals surface area contributed by atoms with E-state index in [1.165, 1.54) is 5.30 Å². The SMILES string of the molecule is CCN(CC)Pc1ccccc1OC.[B]. The summed E-state index contributed by atoms with van der Waals surface area (Å²) in [5.41, 5.74) is 0. The topological polar surface area (TPSA) is 12.5 Å². The molecule has 3 radical (unpaired) electrons. The van der Waals surface area contributed by atoms with Crippen LogP contribution in [0.4, 0.5) is 0 Å². The van der Waals surface area contributed by atoms with E-state index in [4.69, 9.17) is 4.74 Å². The first-order valence-corrected chi connectivity index (χ1v) is 5.91. The Bertz CT molecular complexity index is 279. The molecule has 1 rings (SSSR count). The van der Waals surface area contributed by atoms with Crippen molar-refractivity contribution >= 4 is 22.4 Å². The Hall–Kier alpha value is -0.525. The zero-order valence-electron chi connectivity index (χ0n) is 9.66. The van der Waals surface area contributed by atoms with Crippen LogP contribution < -0.4 is 10.0 Å². The Morgan fingerprint density at radius 2 is 1.80 bits per heavy atom. The van der Waals surface area contributed by atoms with Crippen molar-refractivity contribution in [2.75, 3.05) is 20.2 Å². The van der Waals surface area contributed by atoms with Crippen LogP contribution in [0.5, 0.6) is 5.75 Å². The summed E-state index contributed by atoms with van der Waals surface area (Å²) in [6, 6.07) is 8.23. The van der Waals surface area contributed by atoms with Gasteiger partial charge in [0.05, 0.1) is 7.11 Å². The summed E-state index contributed by atoms with van der Waals surface area (Å²) in [6.07, 6.45) is 0. The van der Waals surface area contributed by atoms with Crippen molar-refractivity contribution in [3.05, 3.63) is 24.3 Å². The number of hydrogen-bond acceptors (Lipinski definition) is 2. The van der Waals surface area contributed by atoms with Crippen LogP contribution in [-0.2, 0) is 0 Å². The van der Waals surface area contributed by atoms with Crippen molar-refractivity contribution in [1.29, 1.82) is 0 Å². The Kier molecular flexibility index (Phi) is 7.46. The molecule has 0 heterocycles. The van der Waals surface area contributed by atoms with Gasteiger partial charge in [0.15, 0.2) is 0 Å². The van der Waals surface area contributed by atoms with Crippen LogP contribution in [-0.4, -0.2) is 33.3 Å². The van der Waals surface area contributed by atoms with Crippen molar-refractivity contribution in [2.24, 2.45) is 0 Å². The number of nitrogens with zero attached hydrogens (tertiary/aromatic N) is 1. The average molecular weight is 222 g/mol. The molecule has 1 unspecified atom stereocenters. The van der Waals surface area contributed by atoms with Gasteiger partial charge in [-0.25, -0.2) is 0 Å². The van der Waals surface area contributed by atoms with Gasteiger partial charge >= 0.3 is 0 Å². The zero-order valence-corrected chi connectivity index (χ0v) is 10.7. The normalized spacial score (nSPS) is 10.7. The zero-order chi connectivity index (χ0) is 10.4. The third-order valence-corrected chi connectivity index (χ3v) is 3.75. The minimum absolute atomic E-state index is 0. The molecule has 0 amide bonds. The molecule has 4 heteroatoms. The van der Waals surface area contributed by atoms with E-state index < -0.39 is 0 Å². The molecule has 0 aliphatic heterocycles. The molecule has 0 fully saturated rings. The fourth-order valence-electron chi connectivity index (χ4n) is 1.29. The van der Waals surface area contributed by atoms with Gasteiger partial charge in [-0.3, -0.25) is 4.67 Å². The molecule has 0 spiro atoms. The van der Waals surface area contributed by atoms with Crippen molar-refractivity contribution in [1.82, 2.24) is 4.67 Å². The summed E-state index contributed by atoms with van der Waals surface area (Å²) in [7, 11) is 2.44. The summed E-state index contributed by atoms with van der Waals surface area (Å²) in [5, 5.41) is 1.29. The fourth-order valence-corrected chi connectivity index (χ4v) is 2.41. The standard InChI is InChI=1S/C11H18NOP.B/c1-4-12(5-2)14-11-9-7-6-8-10(11)13-3;/h6-9,14H,4-5H2,1-3H3;. The minimum Gasteiger partial charge on any atom is -0.496 e. The summed E-state index contributed by atoms with van der Waals surface area (Å²) in [5.74, 6) is 0.998. The molecular weight excluding hydrogens is 204 g/mol. The Labute approximate surface area is 96.4 Å². The van der Waals surface area contributed by atoms with Gasteiger partial charge in [-0.05, 0) is 34.0 Å². The lowest BCUT2D eigenvalue weighted by molar-refractivity contribution is 0.417. The monoisotopic (exact) mass is 222 g/mol. The van der Waals surface area contributed by atoms with Crippen LogP contribution in [0.25, 0.3) is 0 Å². The molecule has 0 saturated carbocycles. The van der Waals surface area contributed by atoms with E-state index in [1.54, 1.807) is 7.11 Å². The van der Waals surface area contributed by atoms with E-state index in [9.17, 15) is 0 Å². The first-order chi connectivity index (χ1) is 6.81. The Morgan fingerprint density at radius 3 is 2.33 bits per heavy atom. The second-order valence-electron chi connectivity index (χ2n) is 2.98. The highest BCUT2D eigenvalue weighted by molar-refractivity contribution is 7.44. The van der Waals surface area contributed by atoms with E-state index >= 15 is 0 Å². The summed E-state index contributed by atoms with van der Waals surface area (Å²) in [4.78, 5) is 0. The highest BCUT2D eigenvalue weighted by Crippen LogP contribution is 2.22. The first-order valence-electron chi connectivity index (χ1n) is 4.96. The lowest BCUT2D eigenvalue weighted by Crippen LogP contribution is -2.17. The van der Waals surface area contributed by atoms with Gasteiger partial charge in [0.1, 0.15) is 5.75 Å². The highest BCUT2D eigenvalue weighted by Gasteiger charge is 2.05. The molecular formula is C11H18BNOP. The molecule has 0 bridgehead atoms. The van der Waals surface area contributed by atoms with Crippen LogP contribution in [0, 0.1) is 0 Å². The van der Waals surface area contributed by atoms with Gasteiger partial charge in [0, 0.05) is 13.7 Å².